The van der Waals surface area contributed by atoms with Crippen molar-refractivity contribution in [3.8, 4) is 11.8 Å². The molecule has 28 heavy (non-hydrogen) atoms. The summed E-state index contributed by atoms with van der Waals surface area (Å²) in [7, 11) is 0. The molecule has 2 aromatic carbocycles. The molecule has 0 spiro atoms. The van der Waals surface area contributed by atoms with Crippen LogP contribution in [0.2, 0.25) is 0 Å². The molecule has 8 nitrogen and oxygen atoms in total. The van der Waals surface area contributed by atoms with Gasteiger partial charge in [0.1, 0.15) is 11.8 Å². The minimum absolute atomic E-state index is 0.220. The Morgan fingerprint density at radius 1 is 1.18 bits per heavy atom. The molecule has 0 unspecified atom stereocenters. The maximum absolute atomic E-state index is 12.3. The number of alkyl halides is 3. The number of hydrogen-bond acceptors (Lipinski definition) is 6. The number of hydrazone groups is 1. The third-order valence-corrected chi connectivity index (χ3v) is 3.13. The van der Waals surface area contributed by atoms with Gasteiger partial charge in [0.05, 0.1) is 5.69 Å². The van der Waals surface area contributed by atoms with Crippen molar-refractivity contribution in [1.82, 2.24) is 0 Å². The number of nitriles is 1. The number of anilines is 2. The van der Waals surface area contributed by atoms with Crippen molar-refractivity contribution in [3.05, 3.63) is 54.1 Å². The summed E-state index contributed by atoms with van der Waals surface area (Å²) >= 11 is 0. The van der Waals surface area contributed by atoms with E-state index in [0.717, 1.165) is 12.1 Å². The summed E-state index contributed by atoms with van der Waals surface area (Å²) < 4.78 is 40.2. The fraction of sp³-hybridized carbons (Fsp3) is 0.0588. The van der Waals surface area contributed by atoms with E-state index in [9.17, 15) is 18.0 Å². The predicted octanol–water partition coefficient (Wildman–Crippen LogP) is 3.06. The summed E-state index contributed by atoms with van der Waals surface area (Å²) in [4.78, 5) is 12.3. The lowest BCUT2D eigenvalue weighted by atomic mass is 10.2. The van der Waals surface area contributed by atoms with Crippen LogP contribution >= 0.6 is 0 Å². The molecule has 0 aliphatic carbocycles. The number of benzene rings is 2. The van der Waals surface area contributed by atoms with Gasteiger partial charge in [0.25, 0.3) is 5.91 Å². The summed E-state index contributed by atoms with van der Waals surface area (Å²) in [5, 5.41) is 22.1. The molecular formula is C17H13F3N6O2. The zero-order chi connectivity index (χ0) is 20.7. The number of carbonyl (C=O) groups excluding carboxylic acids is 1. The number of hydrogen-bond donors (Lipinski definition) is 4. The molecule has 0 saturated heterocycles. The van der Waals surface area contributed by atoms with Crippen molar-refractivity contribution in [3.63, 3.8) is 0 Å². The molecule has 0 saturated carbocycles. The first-order chi connectivity index (χ1) is 13.2. The van der Waals surface area contributed by atoms with Gasteiger partial charge in [-0.05, 0) is 42.5 Å². The van der Waals surface area contributed by atoms with Gasteiger partial charge in [-0.15, -0.1) is 13.2 Å². The number of nitrogens with two attached hydrogens (primary N) is 1. The first kappa shape index (κ1) is 20.2. The highest BCUT2D eigenvalue weighted by Crippen LogP contribution is 2.24. The van der Waals surface area contributed by atoms with Crippen LogP contribution in [0.15, 0.2) is 53.6 Å². The van der Waals surface area contributed by atoms with Gasteiger partial charge in [-0.2, -0.15) is 10.4 Å². The van der Waals surface area contributed by atoms with E-state index in [1.165, 1.54) is 24.3 Å². The van der Waals surface area contributed by atoms with E-state index in [1.807, 2.05) is 0 Å². The number of amides is 1. The Morgan fingerprint density at radius 3 is 2.43 bits per heavy atom. The maximum atomic E-state index is 12.3. The number of amidine groups is 1. The fourth-order valence-electron chi connectivity index (χ4n) is 1.94. The van der Waals surface area contributed by atoms with Gasteiger partial charge in [0, 0.05) is 11.3 Å². The standard InChI is InChI=1S/C17H13F3N6O2/c18-17(19,20)28-13-6-4-11(5-7-13)24-16(27)10-2-1-3-12(8-10)25-26-14(9-21)15(22)23/h1-8,25H,(H3,22,23)(H,24,27)/b26-14+. The topological polar surface area (TPSA) is 136 Å². The number of halogens is 3. The molecule has 0 atom stereocenters. The van der Waals surface area contributed by atoms with Gasteiger partial charge in [-0.25, -0.2) is 0 Å². The lowest BCUT2D eigenvalue weighted by Gasteiger charge is -2.10. The maximum Gasteiger partial charge on any atom is 0.573 e. The Labute approximate surface area is 156 Å². The Balaban J connectivity index is 2.07. The Kier molecular flexibility index (Phi) is 6.18. The van der Waals surface area contributed by atoms with Crippen molar-refractivity contribution in [1.29, 1.82) is 10.7 Å². The minimum atomic E-state index is -4.80. The predicted molar refractivity (Wildman–Crippen MR) is 96.1 cm³/mol. The largest absolute Gasteiger partial charge is 0.573 e. The van der Waals surface area contributed by atoms with Gasteiger partial charge in [0.15, 0.2) is 5.84 Å². The molecule has 0 fully saturated rings. The van der Waals surface area contributed by atoms with Gasteiger partial charge in [0.2, 0.25) is 5.71 Å². The van der Waals surface area contributed by atoms with Crippen molar-refractivity contribution in [2.45, 2.75) is 6.36 Å². The average Bonchev–Trinajstić information content (AvgIpc) is 2.62. The second kappa shape index (κ2) is 8.54. The van der Waals surface area contributed by atoms with Crippen LogP contribution in [0.3, 0.4) is 0 Å². The number of carbonyl (C=O) groups is 1. The van der Waals surface area contributed by atoms with Gasteiger partial charge < -0.3 is 15.8 Å². The van der Waals surface area contributed by atoms with E-state index in [4.69, 9.17) is 16.4 Å². The smallest absolute Gasteiger partial charge is 0.406 e. The SMILES string of the molecule is N#C/C(=N\Nc1cccc(C(=O)Nc2ccc(OC(F)(F)F)cc2)c1)C(=N)N. The van der Waals surface area contributed by atoms with Crippen molar-refractivity contribution in [2.75, 3.05) is 10.7 Å². The number of nitrogens with one attached hydrogen (secondary N) is 3. The van der Waals surface area contributed by atoms with Crippen LogP contribution in [-0.2, 0) is 0 Å². The van der Waals surface area contributed by atoms with Gasteiger partial charge in [-0.3, -0.25) is 15.6 Å². The number of ether oxygens (including phenoxy) is 1. The zero-order valence-corrected chi connectivity index (χ0v) is 14.0. The first-order valence-electron chi connectivity index (χ1n) is 7.53. The van der Waals surface area contributed by atoms with Crippen LogP contribution in [0, 0.1) is 16.7 Å². The van der Waals surface area contributed by atoms with Gasteiger partial charge >= 0.3 is 6.36 Å². The molecular weight excluding hydrogens is 377 g/mol. The van der Waals surface area contributed by atoms with Crippen molar-refractivity contribution in [2.24, 2.45) is 10.8 Å². The Bertz CT molecular complexity index is 949. The van der Waals surface area contributed by atoms with Crippen LogP contribution in [0.25, 0.3) is 0 Å². The van der Waals surface area contributed by atoms with Gasteiger partial charge in [-0.1, -0.05) is 6.07 Å². The molecule has 0 aromatic heterocycles. The molecule has 0 radical (unpaired) electrons. The van der Waals surface area contributed by atoms with Crippen LogP contribution in [0.4, 0.5) is 24.5 Å². The number of nitrogens with zero attached hydrogens (tertiary/aromatic N) is 2. The molecule has 1 amide bonds. The normalized spacial score (nSPS) is 11.3. The summed E-state index contributed by atoms with van der Waals surface area (Å²) in [5.74, 6) is -1.45. The highest BCUT2D eigenvalue weighted by Gasteiger charge is 2.30. The molecule has 0 bridgehead atoms. The van der Waals surface area contributed by atoms with E-state index in [1.54, 1.807) is 18.2 Å². The van der Waals surface area contributed by atoms with E-state index in [2.05, 4.69) is 20.6 Å². The zero-order valence-electron chi connectivity index (χ0n) is 14.0. The highest BCUT2D eigenvalue weighted by molar-refractivity contribution is 6.45. The highest BCUT2D eigenvalue weighted by atomic mass is 19.4. The molecule has 2 aromatic rings. The van der Waals surface area contributed by atoms with Crippen LogP contribution in [-0.4, -0.2) is 23.8 Å². The molecule has 0 heterocycles. The quantitative estimate of drug-likeness (QED) is 0.341. The van der Waals surface area contributed by atoms with Crippen LogP contribution < -0.4 is 21.2 Å². The molecule has 5 N–H and O–H groups in total. The van der Waals surface area contributed by atoms with Crippen LogP contribution in [0.5, 0.6) is 5.75 Å². The number of rotatable bonds is 6. The lowest BCUT2D eigenvalue weighted by Crippen LogP contribution is -2.21. The van der Waals surface area contributed by atoms with E-state index < -0.39 is 23.9 Å². The van der Waals surface area contributed by atoms with Crippen molar-refractivity contribution < 1.29 is 22.7 Å². The molecule has 0 aliphatic rings. The Morgan fingerprint density at radius 2 is 1.86 bits per heavy atom. The van der Waals surface area contributed by atoms with E-state index >= 15 is 0 Å². The molecule has 11 heteroatoms. The molecule has 144 valence electrons. The average molecular weight is 390 g/mol. The third-order valence-electron chi connectivity index (χ3n) is 3.13. The third kappa shape index (κ3) is 6.03. The Hall–Kier alpha value is -4.07. The first-order valence-corrected chi connectivity index (χ1v) is 7.53. The minimum Gasteiger partial charge on any atom is -0.406 e. The summed E-state index contributed by atoms with van der Waals surface area (Å²) in [6.45, 7) is 0. The fourth-order valence-corrected chi connectivity index (χ4v) is 1.94. The second-order valence-electron chi connectivity index (χ2n) is 5.20. The molecule has 2 rings (SSSR count). The van der Waals surface area contributed by atoms with E-state index in [-0.39, 0.29) is 17.0 Å². The lowest BCUT2D eigenvalue weighted by molar-refractivity contribution is -0.274. The summed E-state index contributed by atoms with van der Waals surface area (Å²) in [5.41, 5.74) is 8.20. The van der Waals surface area contributed by atoms with Crippen LogP contribution in [0.1, 0.15) is 10.4 Å². The summed E-state index contributed by atoms with van der Waals surface area (Å²) in [6.07, 6.45) is -4.80. The monoisotopic (exact) mass is 390 g/mol. The second-order valence-corrected chi connectivity index (χ2v) is 5.20. The van der Waals surface area contributed by atoms with E-state index in [0.29, 0.717) is 5.69 Å². The summed E-state index contributed by atoms with van der Waals surface area (Å²) in [6, 6.07) is 12.3. The van der Waals surface area contributed by atoms with Crippen molar-refractivity contribution >= 4 is 28.8 Å². The molecule has 0 aliphatic heterocycles.